The Balaban J connectivity index is 1.81. The lowest BCUT2D eigenvalue weighted by Gasteiger charge is -2.33. The molecule has 0 unspecified atom stereocenters. The van der Waals surface area contributed by atoms with E-state index < -0.39 is 10.0 Å². The van der Waals surface area contributed by atoms with Crippen LogP contribution < -0.4 is 0 Å². The maximum absolute atomic E-state index is 12.3. The van der Waals surface area contributed by atoms with E-state index in [2.05, 4.69) is 24.3 Å². The highest BCUT2D eigenvalue weighted by molar-refractivity contribution is 7.89. The van der Waals surface area contributed by atoms with E-state index in [4.69, 9.17) is 0 Å². The molecule has 0 spiro atoms. The van der Waals surface area contributed by atoms with Crippen molar-refractivity contribution in [3.05, 3.63) is 35.9 Å². The number of hydrogen-bond acceptors (Lipinski definition) is 3. The van der Waals surface area contributed by atoms with Crippen LogP contribution in [0, 0.1) is 5.92 Å². The molecule has 0 saturated carbocycles. The molecule has 0 atom stereocenters. The number of carbonyl (C=O) groups excluding carboxylic acids is 1. The molecule has 1 aliphatic rings. The van der Waals surface area contributed by atoms with Crippen molar-refractivity contribution in [3.8, 4) is 0 Å². The molecule has 1 aromatic carbocycles. The first-order chi connectivity index (χ1) is 10.9. The second-order valence-electron chi connectivity index (χ2n) is 6.17. The molecule has 0 aliphatic carbocycles. The van der Waals surface area contributed by atoms with Crippen LogP contribution in [0.5, 0.6) is 0 Å². The van der Waals surface area contributed by atoms with Crippen molar-refractivity contribution >= 4 is 15.9 Å². The van der Waals surface area contributed by atoms with Gasteiger partial charge in [0.2, 0.25) is 15.9 Å². The quantitative estimate of drug-likeness (QED) is 0.794. The van der Waals surface area contributed by atoms with Crippen LogP contribution in [0.4, 0.5) is 0 Å². The summed E-state index contributed by atoms with van der Waals surface area (Å²) in [6.07, 6.45) is 3.00. The average Bonchev–Trinajstić information content (AvgIpc) is 2.56. The third-order valence-electron chi connectivity index (χ3n) is 4.53. The van der Waals surface area contributed by atoms with Gasteiger partial charge in [0.25, 0.3) is 0 Å². The summed E-state index contributed by atoms with van der Waals surface area (Å²) in [6.45, 7) is 2.97. The maximum Gasteiger partial charge on any atom is 0.237 e. The third kappa shape index (κ3) is 5.04. The maximum atomic E-state index is 12.3. The number of hydrogen-bond donors (Lipinski definition) is 0. The van der Waals surface area contributed by atoms with Crippen LogP contribution in [0.3, 0.4) is 0 Å². The molecule has 1 aromatic rings. The number of sulfonamides is 1. The Morgan fingerprint density at radius 3 is 2.39 bits per heavy atom. The Morgan fingerprint density at radius 1 is 1.22 bits per heavy atom. The van der Waals surface area contributed by atoms with Crippen molar-refractivity contribution in [1.29, 1.82) is 0 Å². The molecule has 0 N–H and O–H groups in total. The lowest BCUT2D eigenvalue weighted by atomic mass is 9.90. The summed E-state index contributed by atoms with van der Waals surface area (Å²) in [5, 5.41) is 0. The van der Waals surface area contributed by atoms with E-state index in [1.807, 2.05) is 6.07 Å². The number of likely N-dealkylation sites (N-methyl/N-ethyl adjacent to an activating group) is 1. The van der Waals surface area contributed by atoms with Crippen molar-refractivity contribution in [2.24, 2.45) is 5.92 Å². The van der Waals surface area contributed by atoms with Crippen molar-refractivity contribution in [3.63, 3.8) is 0 Å². The minimum atomic E-state index is -3.30. The van der Waals surface area contributed by atoms with Gasteiger partial charge in [-0.3, -0.25) is 4.79 Å². The van der Waals surface area contributed by atoms with Crippen molar-refractivity contribution in [1.82, 2.24) is 9.21 Å². The first-order valence-corrected chi connectivity index (χ1v) is 9.79. The van der Waals surface area contributed by atoms with Gasteiger partial charge in [-0.2, -0.15) is 4.31 Å². The molecular weight excluding hydrogens is 312 g/mol. The summed E-state index contributed by atoms with van der Waals surface area (Å²) in [7, 11) is -1.83. The van der Waals surface area contributed by atoms with Crippen molar-refractivity contribution < 1.29 is 13.2 Å². The van der Waals surface area contributed by atoms with E-state index in [9.17, 15) is 13.2 Å². The molecule has 0 radical (unpaired) electrons. The molecule has 6 heteroatoms. The first-order valence-electron chi connectivity index (χ1n) is 8.18. The molecule has 0 aromatic heterocycles. The summed E-state index contributed by atoms with van der Waals surface area (Å²) in [5.41, 5.74) is 1.34. The number of amides is 1. The zero-order valence-electron chi connectivity index (χ0n) is 13.9. The lowest BCUT2D eigenvalue weighted by molar-refractivity contribution is -0.132. The van der Waals surface area contributed by atoms with Gasteiger partial charge in [0.15, 0.2) is 0 Å². The third-order valence-corrected chi connectivity index (χ3v) is 6.34. The predicted molar refractivity (Wildman–Crippen MR) is 91.5 cm³/mol. The molecule has 1 heterocycles. The number of rotatable bonds is 6. The molecule has 1 saturated heterocycles. The Bertz CT molecular complexity index is 608. The second kappa shape index (κ2) is 7.93. The summed E-state index contributed by atoms with van der Waals surface area (Å²) >= 11 is 0. The zero-order chi connectivity index (χ0) is 16.9. The Kier molecular flexibility index (Phi) is 6.18. The fourth-order valence-electron chi connectivity index (χ4n) is 2.94. The molecule has 5 nitrogen and oxygen atoms in total. The van der Waals surface area contributed by atoms with Gasteiger partial charge in [-0.1, -0.05) is 30.3 Å². The predicted octanol–water partition coefficient (Wildman–Crippen LogP) is 1.75. The van der Waals surface area contributed by atoms with Crippen LogP contribution in [-0.4, -0.2) is 56.0 Å². The summed E-state index contributed by atoms with van der Waals surface area (Å²) < 4.78 is 24.6. The smallest absolute Gasteiger partial charge is 0.237 e. The number of benzene rings is 1. The highest BCUT2D eigenvalue weighted by atomic mass is 32.2. The van der Waals surface area contributed by atoms with Crippen molar-refractivity contribution in [2.45, 2.75) is 26.2 Å². The molecule has 1 fully saturated rings. The van der Waals surface area contributed by atoms with E-state index in [1.165, 1.54) is 12.6 Å². The van der Waals surface area contributed by atoms with Crippen LogP contribution >= 0.6 is 0 Å². The standard InChI is InChI=1S/C17H26N2O3S/c1-3-23(21,22)18(2)14-17(20)19-11-9-16(10-12-19)13-15-7-5-4-6-8-15/h4-8,16H,3,9-14H2,1-2H3. The zero-order valence-corrected chi connectivity index (χ0v) is 14.8. The van der Waals surface area contributed by atoms with Gasteiger partial charge in [0.05, 0.1) is 12.3 Å². The minimum Gasteiger partial charge on any atom is -0.342 e. The van der Waals surface area contributed by atoms with Gasteiger partial charge in [-0.05, 0) is 37.7 Å². The van der Waals surface area contributed by atoms with Gasteiger partial charge >= 0.3 is 0 Å². The molecular formula is C17H26N2O3S. The monoisotopic (exact) mass is 338 g/mol. The number of nitrogens with zero attached hydrogens (tertiary/aromatic N) is 2. The van der Waals surface area contributed by atoms with Gasteiger partial charge in [-0.25, -0.2) is 8.42 Å². The highest BCUT2D eigenvalue weighted by Crippen LogP contribution is 2.21. The molecule has 128 valence electrons. The van der Waals surface area contributed by atoms with E-state index in [1.54, 1.807) is 11.8 Å². The molecule has 1 amide bonds. The van der Waals surface area contributed by atoms with Crippen LogP contribution in [0.2, 0.25) is 0 Å². The molecule has 2 rings (SSSR count). The topological polar surface area (TPSA) is 57.7 Å². The SMILES string of the molecule is CCS(=O)(=O)N(C)CC(=O)N1CCC(Cc2ccccc2)CC1. The fourth-order valence-corrected chi connectivity index (χ4v) is 3.69. The second-order valence-corrected chi connectivity index (χ2v) is 8.54. The Morgan fingerprint density at radius 2 is 1.83 bits per heavy atom. The summed E-state index contributed by atoms with van der Waals surface area (Å²) in [6, 6.07) is 10.4. The van der Waals surface area contributed by atoms with E-state index in [-0.39, 0.29) is 18.2 Å². The van der Waals surface area contributed by atoms with Gasteiger partial charge in [-0.15, -0.1) is 0 Å². The first kappa shape index (κ1) is 17.9. The number of carbonyl (C=O) groups is 1. The van der Waals surface area contributed by atoms with Crippen LogP contribution in [-0.2, 0) is 21.2 Å². The highest BCUT2D eigenvalue weighted by Gasteiger charge is 2.26. The fraction of sp³-hybridized carbons (Fsp3) is 0.588. The largest absolute Gasteiger partial charge is 0.342 e. The van der Waals surface area contributed by atoms with Gasteiger partial charge in [0.1, 0.15) is 0 Å². The van der Waals surface area contributed by atoms with Crippen LogP contribution in [0.1, 0.15) is 25.3 Å². The lowest BCUT2D eigenvalue weighted by Crippen LogP contribution is -2.45. The van der Waals surface area contributed by atoms with Gasteiger partial charge < -0.3 is 4.90 Å². The van der Waals surface area contributed by atoms with E-state index in [0.717, 1.165) is 36.7 Å². The Hall–Kier alpha value is -1.40. The van der Waals surface area contributed by atoms with Crippen LogP contribution in [0.25, 0.3) is 0 Å². The van der Waals surface area contributed by atoms with Crippen molar-refractivity contribution in [2.75, 3.05) is 32.4 Å². The number of piperidine rings is 1. The minimum absolute atomic E-state index is 0.0237. The van der Waals surface area contributed by atoms with Crippen LogP contribution in [0.15, 0.2) is 30.3 Å². The normalized spacial score (nSPS) is 16.7. The number of likely N-dealkylation sites (tertiary alicyclic amines) is 1. The van der Waals surface area contributed by atoms with Gasteiger partial charge in [0, 0.05) is 20.1 Å². The average molecular weight is 338 g/mol. The van der Waals surface area contributed by atoms with E-state index in [0.29, 0.717) is 5.92 Å². The molecule has 1 aliphatic heterocycles. The van der Waals surface area contributed by atoms with E-state index >= 15 is 0 Å². The molecule has 23 heavy (non-hydrogen) atoms. The summed E-state index contributed by atoms with van der Waals surface area (Å²) in [5.74, 6) is 0.525. The Labute approximate surface area is 139 Å². The molecule has 0 bridgehead atoms. The summed E-state index contributed by atoms with van der Waals surface area (Å²) in [4.78, 5) is 14.1.